The van der Waals surface area contributed by atoms with Gasteiger partial charge in [0.05, 0.1) is 17.6 Å². The largest absolute Gasteiger partial charge is 0.469 e. The Morgan fingerprint density at radius 1 is 1.12 bits per heavy atom. The lowest BCUT2D eigenvalue weighted by molar-refractivity contribution is 0.102. The first kappa shape index (κ1) is 17.5. The van der Waals surface area contributed by atoms with Crippen molar-refractivity contribution in [2.45, 2.75) is 32.9 Å². The molecule has 0 unspecified atom stereocenters. The normalized spacial score (nSPS) is 11.1. The van der Waals surface area contributed by atoms with Crippen molar-refractivity contribution in [1.82, 2.24) is 14.8 Å². The average molecular weight is 355 g/mol. The fourth-order valence-corrected chi connectivity index (χ4v) is 3.56. The number of benzene rings is 1. The standard InChI is InChI=1S/C19H21N3O2S/c1-11-8-13(3)16(9-12(11)2)17(23)10-25-19-21-20-18(22(19)5)15-6-7-24-14(15)4/h6-9H,10H2,1-5H3. The number of Topliss-reactive ketones (excluding diaryl/α,β-unsaturated/α-hetero) is 1. The molecule has 2 aromatic heterocycles. The topological polar surface area (TPSA) is 60.9 Å². The molecular weight excluding hydrogens is 334 g/mol. The Kier molecular flexibility index (Phi) is 4.81. The molecule has 130 valence electrons. The minimum Gasteiger partial charge on any atom is -0.469 e. The van der Waals surface area contributed by atoms with Crippen LogP contribution >= 0.6 is 11.8 Å². The Bertz CT molecular complexity index is 940. The van der Waals surface area contributed by atoms with E-state index in [4.69, 9.17) is 4.42 Å². The van der Waals surface area contributed by atoms with E-state index in [0.717, 1.165) is 33.8 Å². The zero-order valence-corrected chi connectivity index (χ0v) is 15.9. The van der Waals surface area contributed by atoms with Crippen LogP contribution in [0.5, 0.6) is 0 Å². The van der Waals surface area contributed by atoms with Gasteiger partial charge >= 0.3 is 0 Å². The molecule has 25 heavy (non-hydrogen) atoms. The minimum absolute atomic E-state index is 0.106. The molecule has 0 fully saturated rings. The third-order valence-corrected chi connectivity index (χ3v) is 5.43. The van der Waals surface area contributed by atoms with Crippen LogP contribution in [0.1, 0.15) is 32.8 Å². The molecule has 0 radical (unpaired) electrons. The summed E-state index contributed by atoms with van der Waals surface area (Å²) >= 11 is 1.40. The third kappa shape index (κ3) is 3.39. The lowest BCUT2D eigenvalue weighted by Gasteiger charge is -2.09. The molecule has 0 saturated heterocycles. The van der Waals surface area contributed by atoms with Crippen molar-refractivity contribution in [3.63, 3.8) is 0 Å². The van der Waals surface area contributed by atoms with Crippen LogP contribution in [0, 0.1) is 27.7 Å². The van der Waals surface area contributed by atoms with Crippen LogP contribution in [-0.4, -0.2) is 26.3 Å². The number of rotatable bonds is 5. The molecule has 0 saturated carbocycles. The highest BCUT2D eigenvalue weighted by atomic mass is 32.2. The zero-order valence-electron chi connectivity index (χ0n) is 15.1. The van der Waals surface area contributed by atoms with Gasteiger partial charge in [0.2, 0.25) is 0 Å². The summed E-state index contributed by atoms with van der Waals surface area (Å²) in [6, 6.07) is 5.91. The number of aryl methyl sites for hydroxylation is 4. The first-order valence-electron chi connectivity index (χ1n) is 8.06. The molecule has 2 heterocycles. The molecule has 0 N–H and O–H groups in total. The SMILES string of the molecule is Cc1cc(C)c(C(=O)CSc2nnc(-c3ccoc3C)n2C)cc1C. The summed E-state index contributed by atoms with van der Waals surface area (Å²) in [4.78, 5) is 12.6. The van der Waals surface area contributed by atoms with E-state index in [2.05, 4.69) is 23.2 Å². The van der Waals surface area contributed by atoms with Crippen molar-refractivity contribution >= 4 is 17.5 Å². The zero-order chi connectivity index (χ0) is 18.1. The summed E-state index contributed by atoms with van der Waals surface area (Å²) in [6.07, 6.45) is 1.64. The lowest BCUT2D eigenvalue weighted by Crippen LogP contribution is -2.07. The highest BCUT2D eigenvalue weighted by molar-refractivity contribution is 7.99. The second kappa shape index (κ2) is 6.88. The monoisotopic (exact) mass is 355 g/mol. The summed E-state index contributed by atoms with van der Waals surface area (Å²) in [5.74, 6) is 1.98. The Balaban J connectivity index is 1.77. The minimum atomic E-state index is 0.106. The summed E-state index contributed by atoms with van der Waals surface area (Å²) in [5.41, 5.74) is 5.05. The van der Waals surface area contributed by atoms with Gasteiger partial charge in [-0.15, -0.1) is 10.2 Å². The van der Waals surface area contributed by atoms with Gasteiger partial charge in [0.15, 0.2) is 16.8 Å². The van der Waals surface area contributed by atoms with Crippen LogP contribution in [0.4, 0.5) is 0 Å². The first-order chi connectivity index (χ1) is 11.9. The summed E-state index contributed by atoms with van der Waals surface area (Å²) in [7, 11) is 1.90. The smallest absolute Gasteiger partial charge is 0.191 e. The van der Waals surface area contributed by atoms with Crippen LogP contribution in [0.3, 0.4) is 0 Å². The molecule has 0 aliphatic rings. The number of carbonyl (C=O) groups is 1. The van der Waals surface area contributed by atoms with E-state index in [9.17, 15) is 4.79 Å². The van der Waals surface area contributed by atoms with Crippen LogP contribution < -0.4 is 0 Å². The van der Waals surface area contributed by atoms with Gasteiger partial charge in [-0.05, 0) is 56.5 Å². The van der Waals surface area contributed by atoms with E-state index in [0.29, 0.717) is 10.9 Å². The Labute approximate surface area is 151 Å². The van der Waals surface area contributed by atoms with Crippen molar-refractivity contribution in [2.75, 3.05) is 5.75 Å². The Morgan fingerprint density at radius 3 is 2.52 bits per heavy atom. The molecule has 0 atom stereocenters. The van der Waals surface area contributed by atoms with Crippen molar-refractivity contribution < 1.29 is 9.21 Å². The fraction of sp³-hybridized carbons (Fsp3) is 0.316. The van der Waals surface area contributed by atoms with Crippen molar-refractivity contribution in [3.8, 4) is 11.4 Å². The quantitative estimate of drug-likeness (QED) is 0.505. The second-order valence-electron chi connectivity index (χ2n) is 6.22. The first-order valence-corrected chi connectivity index (χ1v) is 9.04. The molecular formula is C19H21N3O2S. The fourth-order valence-electron chi connectivity index (χ4n) is 2.76. The maximum atomic E-state index is 12.6. The van der Waals surface area contributed by atoms with E-state index in [-0.39, 0.29) is 5.78 Å². The second-order valence-corrected chi connectivity index (χ2v) is 7.16. The van der Waals surface area contributed by atoms with E-state index in [1.54, 1.807) is 6.26 Å². The molecule has 0 spiro atoms. The third-order valence-electron chi connectivity index (χ3n) is 4.41. The number of ketones is 1. The van der Waals surface area contributed by atoms with Crippen molar-refractivity contribution in [2.24, 2.45) is 7.05 Å². The van der Waals surface area contributed by atoms with Crippen molar-refractivity contribution in [1.29, 1.82) is 0 Å². The number of nitrogens with zero attached hydrogens (tertiary/aromatic N) is 3. The van der Waals surface area contributed by atoms with Gasteiger partial charge in [-0.3, -0.25) is 4.79 Å². The predicted molar refractivity (Wildman–Crippen MR) is 99.1 cm³/mol. The van der Waals surface area contributed by atoms with Gasteiger partial charge in [0.25, 0.3) is 0 Å². The summed E-state index contributed by atoms with van der Waals surface area (Å²) in [5, 5.41) is 9.16. The van der Waals surface area contributed by atoms with E-state index in [1.165, 1.54) is 17.3 Å². The lowest BCUT2D eigenvalue weighted by atomic mass is 9.99. The van der Waals surface area contributed by atoms with Gasteiger partial charge in [-0.1, -0.05) is 17.8 Å². The maximum absolute atomic E-state index is 12.6. The Morgan fingerprint density at radius 2 is 1.84 bits per heavy atom. The molecule has 0 amide bonds. The van der Waals surface area contributed by atoms with Gasteiger partial charge in [0.1, 0.15) is 5.76 Å². The highest BCUT2D eigenvalue weighted by Crippen LogP contribution is 2.26. The Hall–Kier alpha value is -2.34. The summed E-state index contributed by atoms with van der Waals surface area (Å²) < 4.78 is 7.22. The van der Waals surface area contributed by atoms with E-state index < -0.39 is 0 Å². The number of hydrogen-bond donors (Lipinski definition) is 0. The highest BCUT2D eigenvalue weighted by Gasteiger charge is 2.17. The molecule has 6 heteroatoms. The number of hydrogen-bond acceptors (Lipinski definition) is 5. The van der Waals surface area contributed by atoms with Crippen molar-refractivity contribution in [3.05, 3.63) is 52.5 Å². The van der Waals surface area contributed by atoms with E-state index in [1.807, 2.05) is 44.5 Å². The molecule has 3 aromatic rings. The maximum Gasteiger partial charge on any atom is 0.191 e. The van der Waals surface area contributed by atoms with E-state index >= 15 is 0 Å². The van der Waals surface area contributed by atoms with Crippen LogP contribution in [0.25, 0.3) is 11.4 Å². The molecule has 0 aliphatic heterocycles. The average Bonchev–Trinajstić information content (AvgIpc) is 3.14. The number of furan rings is 1. The number of thioether (sulfide) groups is 1. The molecule has 5 nitrogen and oxygen atoms in total. The van der Waals surface area contributed by atoms with Gasteiger partial charge < -0.3 is 8.98 Å². The van der Waals surface area contributed by atoms with Gasteiger partial charge in [-0.25, -0.2) is 0 Å². The molecule has 0 aliphatic carbocycles. The number of aromatic nitrogens is 3. The molecule has 3 rings (SSSR count). The summed E-state index contributed by atoms with van der Waals surface area (Å²) in [6.45, 7) is 7.96. The van der Waals surface area contributed by atoms with Crippen LogP contribution in [0.2, 0.25) is 0 Å². The molecule has 0 bridgehead atoms. The number of carbonyl (C=O) groups excluding carboxylic acids is 1. The predicted octanol–water partition coefficient (Wildman–Crippen LogP) is 4.28. The van der Waals surface area contributed by atoms with Crippen LogP contribution in [0.15, 0.2) is 34.0 Å². The van der Waals surface area contributed by atoms with Crippen LogP contribution in [-0.2, 0) is 7.05 Å². The van der Waals surface area contributed by atoms with Gasteiger partial charge in [0, 0.05) is 12.6 Å². The van der Waals surface area contributed by atoms with Gasteiger partial charge in [-0.2, -0.15) is 0 Å². The molecule has 1 aromatic carbocycles.